The summed E-state index contributed by atoms with van der Waals surface area (Å²) in [7, 11) is 0. The molecule has 0 saturated heterocycles. The molecule has 8 heteroatoms. The monoisotopic (exact) mass is 369 g/mol. The van der Waals surface area contributed by atoms with Crippen LogP contribution in [0.4, 0.5) is 10.1 Å². The molecule has 0 fully saturated rings. The predicted molar refractivity (Wildman–Crippen MR) is 98.2 cm³/mol. The Balaban J connectivity index is 1.95. The molecule has 0 aliphatic heterocycles. The number of carbonyl (C=O) groups excluding carboxylic acids is 1. The minimum Gasteiger partial charge on any atom is -0.494 e. The van der Waals surface area contributed by atoms with Gasteiger partial charge in [-0.2, -0.15) is 0 Å². The van der Waals surface area contributed by atoms with Gasteiger partial charge in [0.15, 0.2) is 0 Å². The molecule has 1 amide bonds. The first-order valence-electron chi connectivity index (χ1n) is 8.14. The van der Waals surface area contributed by atoms with Crippen molar-refractivity contribution in [2.24, 2.45) is 0 Å². The molecule has 27 heavy (non-hydrogen) atoms. The number of hydrogen-bond acceptors (Lipinski definition) is 4. The minimum atomic E-state index is -0.775. The first-order valence-corrected chi connectivity index (χ1v) is 8.14. The van der Waals surface area contributed by atoms with Crippen LogP contribution in [-0.2, 0) is 0 Å². The maximum Gasteiger partial charge on any atom is 0.333 e. The Morgan fingerprint density at radius 1 is 1.11 bits per heavy atom. The van der Waals surface area contributed by atoms with E-state index in [-0.39, 0.29) is 5.56 Å². The second kappa shape index (κ2) is 7.69. The maximum absolute atomic E-state index is 13.0. The van der Waals surface area contributed by atoms with Crippen LogP contribution in [0.1, 0.15) is 17.3 Å². The number of H-pyrrole nitrogens is 1. The summed E-state index contributed by atoms with van der Waals surface area (Å²) >= 11 is 0. The third-order valence-electron chi connectivity index (χ3n) is 3.73. The predicted octanol–water partition coefficient (Wildman–Crippen LogP) is 2.32. The van der Waals surface area contributed by atoms with Gasteiger partial charge in [-0.3, -0.25) is 9.59 Å². The highest BCUT2D eigenvalue weighted by atomic mass is 19.1. The van der Waals surface area contributed by atoms with Crippen LogP contribution in [0.15, 0.2) is 64.3 Å². The van der Waals surface area contributed by atoms with Crippen molar-refractivity contribution in [2.75, 3.05) is 11.9 Å². The Labute approximate surface area is 153 Å². The van der Waals surface area contributed by atoms with E-state index in [9.17, 15) is 18.8 Å². The zero-order valence-electron chi connectivity index (χ0n) is 14.4. The summed E-state index contributed by atoms with van der Waals surface area (Å²) in [4.78, 5) is 39.6. The number of carbonyl (C=O) groups is 1. The normalized spacial score (nSPS) is 10.4. The standard InChI is InChI=1S/C19H16FN3O4/c1-2-27-15-9-7-14(8-10-15)23-18(25)16(11-21-19(23)26)17(24)22-13-5-3-12(20)4-6-13/h3-11H,2H2,1H3,(H,21,26)(H,22,24). The smallest absolute Gasteiger partial charge is 0.333 e. The highest BCUT2D eigenvalue weighted by molar-refractivity contribution is 6.03. The summed E-state index contributed by atoms with van der Waals surface area (Å²) in [6.45, 7) is 2.32. The van der Waals surface area contributed by atoms with E-state index in [0.29, 0.717) is 23.7 Å². The highest BCUT2D eigenvalue weighted by Crippen LogP contribution is 2.13. The van der Waals surface area contributed by atoms with Crippen LogP contribution in [-0.4, -0.2) is 22.1 Å². The van der Waals surface area contributed by atoms with Crippen molar-refractivity contribution in [3.05, 3.63) is 86.9 Å². The van der Waals surface area contributed by atoms with Crippen molar-refractivity contribution < 1.29 is 13.9 Å². The second-order valence-corrected chi connectivity index (χ2v) is 5.54. The quantitative estimate of drug-likeness (QED) is 0.722. The number of amides is 1. The van der Waals surface area contributed by atoms with Crippen LogP contribution in [0, 0.1) is 5.82 Å². The van der Waals surface area contributed by atoms with Gasteiger partial charge in [0.25, 0.3) is 11.5 Å². The molecule has 0 saturated carbocycles. The summed E-state index contributed by atoms with van der Waals surface area (Å²) < 4.78 is 19.1. The van der Waals surface area contributed by atoms with Gasteiger partial charge in [0.05, 0.1) is 12.3 Å². The summed E-state index contributed by atoms with van der Waals surface area (Å²) in [5, 5.41) is 2.49. The molecule has 2 N–H and O–H groups in total. The van der Waals surface area contributed by atoms with Crippen molar-refractivity contribution in [1.82, 2.24) is 9.55 Å². The van der Waals surface area contributed by atoms with Crippen molar-refractivity contribution in [2.45, 2.75) is 6.92 Å². The summed E-state index contributed by atoms with van der Waals surface area (Å²) in [6.07, 6.45) is 1.05. The van der Waals surface area contributed by atoms with Gasteiger partial charge >= 0.3 is 5.69 Å². The summed E-state index contributed by atoms with van der Waals surface area (Å²) in [5.74, 6) is -0.576. The molecule has 2 aromatic carbocycles. The van der Waals surface area contributed by atoms with E-state index in [1.54, 1.807) is 24.3 Å². The van der Waals surface area contributed by atoms with E-state index in [2.05, 4.69) is 10.3 Å². The molecule has 1 aromatic heterocycles. The van der Waals surface area contributed by atoms with E-state index in [1.807, 2.05) is 6.92 Å². The zero-order valence-corrected chi connectivity index (χ0v) is 14.4. The fourth-order valence-corrected chi connectivity index (χ4v) is 2.46. The van der Waals surface area contributed by atoms with Gasteiger partial charge in [0, 0.05) is 11.9 Å². The molecular weight excluding hydrogens is 353 g/mol. The number of halogens is 1. The highest BCUT2D eigenvalue weighted by Gasteiger charge is 2.16. The van der Waals surface area contributed by atoms with E-state index in [0.717, 1.165) is 10.8 Å². The molecule has 3 rings (SSSR count). The molecule has 0 aliphatic rings. The number of aromatic amines is 1. The Morgan fingerprint density at radius 3 is 2.41 bits per heavy atom. The van der Waals surface area contributed by atoms with Crippen LogP contribution in [0.25, 0.3) is 5.69 Å². The summed E-state index contributed by atoms with van der Waals surface area (Å²) in [5.41, 5.74) is -1.10. The van der Waals surface area contributed by atoms with Gasteiger partial charge in [-0.25, -0.2) is 13.8 Å². The number of anilines is 1. The van der Waals surface area contributed by atoms with Crippen molar-refractivity contribution in [1.29, 1.82) is 0 Å². The summed E-state index contributed by atoms with van der Waals surface area (Å²) in [6, 6.07) is 11.4. The molecule has 0 radical (unpaired) electrons. The third kappa shape index (κ3) is 3.95. The molecule has 0 bridgehead atoms. The van der Waals surface area contributed by atoms with Gasteiger partial charge in [-0.1, -0.05) is 0 Å². The van der Waals surface area contributed by atoms with Gasteiger partial charge < -0.3 is 15.0 Å². The van der Waals surface area contributed by atoms with Crippen LogP contribution in [0.5, 0.6) is 5.75 Å². The molecular formula is C19H16FN3O4. The lowest BCUT2D eigenvalue weighted by Gasteiger charge is -2.09. The first-order chi connectivity index (χ1) is 13.0. The second-order valence-electron chi connectivity index (χ2n) is 5.54. The molecule has 0 spiro atoms. The zero-order chi connectivity index (χ0) is 19.4. The van der Waals surface area contributed by atoms with Crippen molar-refractivity contribution in [3.8, 4) is 11.4 Å². The Morgan fingerprint density at radius 2 is 1.78 bits per heavy atom. The lowest BCUT2D eigenvalue weighted by molar-refractivity contribution is 0.102. The third-order valence-corrected chi connectivity index (χ3v) is 3.73. The molecule has 1 heterocycles. The number of rotatable bonds is 5. The topological polar surface area (TPSA) is 93.2 Å². The van der Waals surface area contributed by atoms with E-state index < -0.39 is 23.0 Å². The minimum absolute atomic E-state index is 0.257. The molecule has 3 aromatic rings. The van der Waals surface area contributed by atoms with Gasteiger partial charge in [-0.15, -0.1) is 0 Å². The van der Waals surface area contributed by atoms with Crippen LogP contribution < -0.4 is 21.3 Å². The SMILES string of the molecule is CCOc1ccc(-n2c(=O)[nH]cc(C(=O)Nc3ccc(F)cc3)c2=O)cc1. The fourth-order valence-electron chi connectivity index (χ4n) is 2.46. The van der Waals surface area contributed by atoms with E-state index in [4.69, 9.17) is 4.74 Å². The lowest BCUT2D eigenvalue weighted by Crippen LogP contribution is -2.38. The lowest BCUT2D eigenvalue weighted by atomic mass is 10.2. The Hall–Kier alpha value is -3.68. The first kappa shape index (κ1) is 18.1. The molecule has 0 atom stereocenters. The molecule has 0 aliphatic carbocycles. The van der Waals surface area contributed by atoms with Gasteiger partial charge in [0.2, 0.25) is 0 Å². The number of nitrogens with one attached hydrogen (secondary N) is 2. The van der Waals surface area contributed by atoms with Crippen LogP contribution in [0.2, 0.25) is 0 Å². The number of aromatic nitrogens is 2. The average molecular weight is 369 g/mol. The number of hydrogen-bond donors (Lipinski definition) is 2. The van der Waals surface area contributed by atoms with Crippen molar-refractivity contribution in [3.63, 3.8) is 0 Å². The van der Waals surface area contributed by atoms with Crippen LogP contribution in [0.3, 0.4) is 0 Å². The van der Waals surface area contributed by atoms with Crippen molar-refractivity contribution >= 4 is 11.6 Å². The molecule has 0 unspecified atom stereocenters. The van der Waals surface area contributed by atoms with Gasteiger partial charge in [-0.05, 0) is 55.5 Å². The van der Waals surface area contributed by atoms with E-state index in [1.165, 1.54) is 24.3 Å². The van der Waals surface area contributed by atoms with E-state index >= 15 is 0 Å². The molecule has 7 nitrogen and oxygen atoms in total. The largest absolute Gasteiger partial charge is 0.494 e. The maximum atomic E-state index is 13.0. The Kier molecular flexibility index (Phi) is 5.16. The van der Waals surface area contributed by atoms with Crippen LogP contribution >= 0.6 is 0 Å². The molecule has 138 valence electrons. The average Bonchev–Trinajstić information content (AvgIpc) is 2.65. The van der Waals surface area contributed by atoms with Gasteiger partial charge in [0.1, 0.15) is 17.1 Å². The number of ether oxygens (including phenoxy) is 1. The fraction of sp³-hybridized carbons (Fsp3) is 0.105. The number of benzene rings is 2. The Bertz CT molecular complexity index is 1070. The number of nitrogens with zero attached hydrogens (tertiary/aromatic N) is 1.